The second-order valence-electron chi connectivity index (χ2n) is 2.60. The summed E-state index contributed by atoms with van der Waals surface area (Å²) in [7, 11) is 1.58. The average Bonchev–Trinajstić information content (AvgIpc) is 2.33. The predicted octanol–water partition coefficient (Wildman–Crippen LogP) is 0.809. The molecule has 1 rings (SSSR count). The van der Waals surface area contributed by atoms with Gasteiger partial charge in [-0.2, -0.15) is 0 Å². The van der Waals surface area contributed by atoms with E-state index < -0.39 is 5.60 Å². The highest BCUT2D eigenvalue weighted by Gasteiger charge is 2.37. The number of aliphatic hydroxyl groups is 1. The number of ether oxygens (including phenoxy) is 2. The lowest BCUT2D eigenvalue weighted by molar-refractivity contribution is -0.0482. The fourth-order valence-electron chi connectivity index (χ4n) is 0.967. The molecule has 68 valence electrons. The molecule has 0 spiro atoms. The second kappa shape index (κ2) is 4.70. The highest BCUT2D eigenvalue weighted by Crippen LogP contribution is 2.19. The van der Waals surface area contributed by atoms with Gasteiger partial charge in [0.25, 0.3) is 0 Å². The highest BCUT2D eigenvalue weighted by molar-refractivity contribution is 4.87. The molecule has 0 amide bonds. The van der Waals surface area contributed by atoms with Crippen molar-refractivity contribution >= 4 is 0 Å². The number of hydrogen-bond donors (Lipinski definition) is 1. The van der Waals surface area contributed by atoms with Crippen LogP contribution in [0.2, 0.25) is 0 Å². The van der Waals surface area contributed by atoms with E-state index in [1.54, 1.807) is 14.0 Å². The van der Waals surface area contributed by atoms with Crippen LogP contribution in [-0.2, 0) is 9.47 Å². The maximum atomic E-state index is 9.40. The first-order valence-corrected chi connectivity index (χ1v) is 4.00. The van der Waals surface area contributed by atoms with E-state index in [1.807, 2.05) is 13.8 Å². The molecule has 1 saturated heterocycles. The lowest BCUT2D eigenvalue weighted by Crippen LogP contribution is -2.38. The van der Waals surface area contributed by atoms with Gasteiger partial charge in [0.1, 0.15) is 11.7 Å². The van der Waals surface area contributed by atoms with Crippen LogP contribution >= 0.6 is 0 Å². The van der Waals surface area contributed by atoms with Gasteiger partial charge in [-0.15, -0.1) is 0 Å². The molecule has 1 aliphatic rings. The van der Waals surface area contributed by atoms with Crippen LogP contribution in [0.3, 0.4) is 0 Å². The van der Waals surface area contributed by atoms with Crippen LogP contribution in [0.1, 0.15) is 20.8 Å². The Kier molecular flexibility index (Phi) is 4.65. The molecule has 0 bridgehead atoms. The molecule has 3 nitrogen and oxygen atoms in total. The van der Waals surface area contributed by atoms with Gasteiger partial charge in [0.15, 0.2) is 0 Å². The van der Waals surface area contributed by atoms with Crippen molar-refractivity contribution in [3.8, 4) is 0 Å². The lowest BCUT2D eigenvalue weighted by Gasteiger charge is -2.20. The van der Waals surface area contributed by atoms with E-state index in [-0.39, 0.29) is 6.10 Å². The van der Waals surface area contributed by atoms with Crippen molar-refractivity contribution in [2.75, 3.05) is 20.3 Å². The van der Waals surface area contributed by atoms with Crippen molar-refractivity contribution < 1.29 is 14.6 Å². The summed E-state index contributed by atoms with van der Waals surface area (Å²) in [4.78, 5) is 0. The van der Waals surface area contributed by atoms with Crippen LogP contribution in [0.5, 0.6) is 0 Å². The first-order chi connectivity index (χ1) is 5.17. The molecule has 1 fully saturated rings. The molecule has 2 unspecified atom stereocenters. The first-order valence-electron chi connectivity index (χ1n) is 4.00. The van der Waals surface area contributed by atoms with Gasteiger partial charge in [-0.25, -0.2) is 0 Å². The van der Waals surface area contributed by atoms with Crippen molar-refractivity contribution in [2.24, 2.45) is 0 Å². The topological polar surface area (TPSA) is 38.7 Å². The van der Waals surface area contributed by atoms with Crippen molar-refractivity contribution in [3.63, 3.8) is 0 Å². The minimum Gasteiger partial charge on any atom is -0.385 e. The standard InChI is InChI=1S/C6H12O3.C2H6/c1-6(7)4-9-3-5(6)8-2;1-2/h5,7H,3-4H2,1-2H3;1-2H3. The van der Waals surface area contributed by atoms with Gasteiger partial charge in [0, 0.05) is 7.11 Å². The van der Waals surface area contributed by atoms with Crippen LogP contribution in [0.25, 0.3) is 0 Å². The molecule has 3 heteroatoms. The Bertz CT molecular complexity index is 102. The Morgan fingerprint density at radius 3 is 2.27 bits per heavy atom. The van der Waals surface area contributed by atoms with Gasteiger partial charge in [0.2, 0.25) is 0 Å². The van der Waals surface area contributed by atoms with Gasteiger partial charge < -0.3 is 14.6 Å². The van der Waals surface area contributed by atoms with E-state index in [0.717, 1.165) is 0 Å². The van der Waals surface area contributed by atoms with Gasteiger partial charge in [-0.1, -0.05) is 13.8 Å². The van der Waals surface area contributed by atoms with E-state index >= 15 is 0 Å². The quantitative estimate of drug-likeness (QED) is 0.620. The summed E-state index contributed by atoms with van der Waals surface area (Å²) in [6.45, 7) is 6.60. The van der Waals surface area contributed by atoms with E-state index in [0.29, 0.717) is 13.2 Å². The molecule has 1 N–H and O–H groups in total. The Balaban J connectivity index is 0.000000461. The SMILES string of the molecule is CC.COC1COCC1(C)O. The molecule has 0 aliphatic carbocycles. The van der Waals surface area contributed by atoms with E-state index in [2.05, 4.69) is 0 Å². The van der Waals surface area contributed by atoms with Gasteiger partial charge in [-0.3, -0.25) is 0 Å². The minimum atomic E-state index is -0.783. The minimum absolute atomic E-state index is 0.155. The Morgan fingerprint density at radius 2 is 2.09 bits per heavy atom. The van der Waals surface area contributed by atoms with E-state index in [1.165, 1.54) is 0 Å². The molecule has 1 aliphatic heterocycles. The Hall–Kier alpha value is -0.120. The lowest BCUT2D eigenvalue weighted by atomic mass is 10.0. The number of hydrogen-bond acceptors (Lipinski definition) is 3. The molecule has 0 saturated carbocycles. The largest absolute Gasteiger partial charge is 0.385 e. The molecule has 2 atom stereocenters. The fraction of sp³-hybridized carbons (Fsp3) is 1.00. The van der Waals surface area contributed by atoms with Crippen molar-refractivity contribution in [3.05, 3.63) is 0 Å². The maximum absolute atomic E-state index is 9.40. The maximum Gasteiger partial charge on any atom is 0.113 e. The summed E-state index contributed by atoms with van der Waals surface area (Å²) in [5.41, 5.74) is -0.783. The number of methoxy groups -OCH3 is 1. The zero-order valence-electron chi connectivity index (χ0n) is 7.76. The summed E-state index contributed by atoms with van der Waals surface area (Å²) < 4.78 is 9.94. The Labute approximate surface area is 68.3 Å². The predicted molar refractivity (Wildman–Crippen MR) is 43.6 cm³/mol. The molecule has 1 heterocycles. The van der Waals surface area contributed by atoms with E-state index in [9.17, 15) is 5.11 Å². The number of rotatable bonds is 1. The third-order valence-corrected chi connectivity index (χ3v) is 1.64. The summed E-state index contributed by atoms with van der Waals surface area (Å²) >= 11 is 0. The van der Waals surface area contributed by atoms with Crippen molar-refractivity contribution in [1.82, 2.24) is 0 Å². The molecule has 0 aromatic heterocycles. The first kappa shape index (κ1) is 10.9. The third kappa shape index (κ3) is 2.77. The molecular weight excluding hydrogens is 144 g/mol. The summed E-state index contributed by atoms with van der Waals surface area (Å²) in [6, 6.07) is 0. The highest BCUT2D eigenvalue weighted by atomic mass is 16.6. The normalized spacial score (nSPS) is 36.3. The van der Waals surface area contributed by atoms with Crippen LogP contribution in [-0.4, -0.2) is 37.1 Å². The molecule has 11 heavy (non-hydrogen) atoms. The van der Waals surface area contributed by atoms with Crippen LogP contribution in [0, 0.1) is 0 Å². The van der Waals surface area contributed by atoms with Crippen LogP contribution in [0.15, 0.2) is 0 Å². The fourth-order valence-corrected chi connectivity index (χ4v) is 0.967. The zero-order valence-corrected chi connectivity index (χ0v) is 7.76. The smallest absolute Gasteiger partial charge is 0.113 e. The van der Waals surface area contributed by atoms with Gasteiger partial charge in [-0.05, 0) is 6.92 Å². The van der Waals surface area contributed by atoms with Crippen LogP contribution in [0.4, 0.5) is 0 Å². The zero-order chi connectivity index (χ0) is 8.91. The molecule has 0 radical (unpaired) electrons. The van der Waals surface area contributed by atoms with E-state index in [4.69, 9.17) is 9.47 Å². The van der Waals surface area contributed by atoms with Gasteiger partial charge >= 0.3 is 0 Å². The summed E-state index contributed by atoms with van der Waals surface area (Å²) in [5.74, 6) is 0. The Morgan fingerprint density at radius 1 is 1.55 bits per heavy atom. The molecule has 0 aromatic rings. The molecule has 0 aromatic carbocycles. The van der Waals surface area contributed by atoms with Crippen LogP contribution < -0.4 is 0 Å². The third-order valence-electron chi connectivity index (χ3n) is 1.64. The average molecular weight is 162 g/mol. The van der Waals surface area contributed by atoms with Crippen molar-refractivity contribution in [1.29, 1.82) is 0 Å². The summed E-state index contributed by atoms with van der Waals surface area (Å²) in [6.07, 6.45) is -0.155. The van der Waals surface area contributed by atoms with Gasteiger partial charge in [0.05, 0.1) is 13.2 Å². The molecular formula is C8H18O3. The van der Waals surface area contributed by atoms with Crippen molar-refractivity contribution in [2.45, 2.75) is 32.5 Å². The summed E-state index contributed by atoms with van der Waals surface area (Å²) in [5, 5.41) is 9.40. The second-order valence-corrected chi connectivity index (χ2v) is 2.60. The monoisotopic (exact) mass is 162 g/mol.